The van der Waals surface area contributed by atoms with E-state index in [4.69, 9.17) is 11.6 Å². The summed E-state index contributed by atoms with van der Waals surface area (Å²) in [6.45, 7) is 4.43. The van der Waals surface area contributed by atoms with Gasteiger partial charge in [0.05, 0.1) is 15.5 Å². The first kappa shape index (κ1) is 18.9. The zero-order valence-corrected chi connectivity index (χ0v) is 14.4. The van der Waals surface area contributed by atoms with Crippen molar-refractivity contribution in [2.75, 3.05) is 11.9 Å². The molecule has 132 valence electrons. The molecule has 2 heterocycles. The number of nitrogens with zero attached hydrogens (tertiary/aromatic N) is 2. The second-order valence-electron chi connectivity index (χ2n) is 4.92. The standard InChI is InChI=1S/C14H16ClF3N4OS/c1-3-19-7(2)13-21-6-10(24-13)12(23)22-11-4-8(14(16,17)18)9(15)5-20-11/h4-6,12-13,21,23H,3H2,1-2H3,(H,20,22). The quantitative estimate of drug-likeness (QED) is 0.539. The Morgan fingerprint density at radius 3 is 2.92 bits per heavy atom. The second-order valence-corrected chi connectivity index (χ2v) is 6.51. The zero-order chi connectivity index (χ0) is 17.9. The Balaban J connectivity index is 2.06. The van der Waals surface area contributed by atoms with Gasteiger partial charge in [0, 0.05) is 24.7 Å². The van der Waals surface area contributed by atoms with Gasteiger partial charge in [-0.2, -0.15) is 13.2 Å². The van der Waals surface area contributed by atoms with Crippen LogP contribution in [0.4, 0.5) is 19.0 Å². The summed E-state index contributed by atoms with van der Waals surface area (Å²) in [5.74, 6) is -0.122. The van der Waals surface area contributed by atoms with Gasteiger partial charge >= 0.3 is 6.18 Å². The van der Waals surface area contributed by atoms with Gasteiger partial charge in [0.1, 0.15) is 11.2 Å². The molecule has 0 bridgehead atoms. The summed E-state index contributed by atoms with van der Waals surface area (Å²) in [6.07, 6.45) is -3.29. The first-order valence-corrected chi connectivity index (χ1v) is 8.29. The summed E-state index contributed by atoms with van der Waals surface area (Å²) in [4.78, 5) is 8.57. The van der Waals surface area contributed by atoms with Crippen LogP contribution >= 0.6 is 23.4 Å². The summed E-state index contributed by atoms with van der Waals surface area (Å²) < 4.78 is 38.5. The van der Waals surface area contributed by atoms with Crippen molar-refractivity contribution in [3.05, 3.63) is 34.0 Å². The fraction of sp³-hybridized carbons (Fsp3) is 0.429. The lowest BCUT2D eigenvalue weighted by atomic mass is 10.2. The van der Waals surface area contributed by atoms with Crippen LogP contribution in [0.15, 0.2) is 28.4 Å². The number of hydrogen-bond acceptors (Lipinski definition) is 6. The summed E-state index contributed by atoms with van der Waals surface area (Å²) in [5.41, 5.74) is -0.145. The molecular formula is C14H16ClF3N4OS. The molecule has 0 amide bonds. The molecule has 0 aromatic carbocycles. The maximum Gasteiger partial charge on any atom is 0.418 e. The first-order valence-electron chi connectivity index (χ1n) is 7.03. The maximum absolute atomic E-state index is 12.8. The Morgan fingerprint density at radius 1 is 1.58 bits per heavy atom. The fourth-order valence-corrected chi connectivity index (χ4v) is 3.18. The zero-order valence-electron chi connectivity index (χ0n) is 12.9. The van der Waals surface area contributed by atoms with E-state index in [1.807, 2.05) is 13.8 Å². The summed E-state index contributed by atoms with van der Waals surface area (Å²) >= 11 is 6.85. The predicted molar refractivity (Wildman–Crippen MR) is 90.1 cm³/mol. The molecule has 24 heavy (non-hydrogen) atoms. The highest BCUT2D eigenvalue weighted by Crippen LogP contribution is 2.36. The van der Waals surface area contributed by atoms with Crippen molar-refractivity contribution in [2.45, 2.75) is 31.6 Å². The molecule has 0 saturated heterocycles. The van der Waals surface area contributed by atoms with E-state index in [0.29, 0.717) is 11.4 Å². The number of thioether (sulfide) groups is 1. The van der Waals surface area contributed by atoms with Gasteiger partial charge in [0.2, 0.25) is 0 Å². The molecule has 2 rings (SSSR count). The van der Waals surface area contributed by atoms with Crippen molar-refractivity contribution >= 4 is 34.9 Å². The third-order valence-electron chi connectivity index (χ3n) is 3.13. The van der Waals surface area contributed by atoms with Gasteiger partial charge in [0.15, 0.2) is 6.23 Å². The van der Waals surface area contributed by atoms with E-state index >= 15 is 0 Å². The molecule has 0 fully saturated rings. The van der Waals surface area contributed by atoms with E-state index in [1.54, 1.807) is 6.20 Å². The fourth-order valence-electron chi connectivity index (χ4n) is 1.99. The van der Waals surface area contributed by atoms with Crippen LogP contribution < -0.4 is 10.6 Å². The van der Waals surface area contributed by atoms with Gasteiger partial charge in [-0.15, -0.1) is 0 Å². The second kappa shape index (κ2) is 7.62. The minimum absolute atomic E-state index is 0.111. The molecule has 2 atom stereocenters. The lowest BCUT2D eigenvalue weighted by Gasteiger charge is -2.16. The molecule has 2 unspecified atom stereocenters. The summed E-state index contributed by atoms with van der Waals surface area (Å²) in [6, 6.07) is 0.764. The SMILES string of the molecule is CCN=C(C)C1NC=C(C(O)Nc2cc(C(F)(F)F)c(Cl)cn2)S1. The third kappa shape index (κ3) is 4.55. The highest BCUT2D eigenvalue weighted by Gasteiger charge is 2.34. The Kier molecular flexibility index (Phi) is 6.00. The molecule has 0 radical (unpaired) electrons. The lowest BCUT2D eigenvalue weighted by Crippen LogP contribution is -2.25. The van der Waals surface area contributed by atoms with Crippen LogP contribution in [0.25, 0.3) is 0 Å². The number of alkyl halides is 3. The van der Waals surface area contributed by atoms with Gasteiger partial charge in [0.25, 0.3) is 0 Å². The topological polar surface area (TPSA) is 69.5 Å². The van der Waals surface area contributed by atoms with Crippen LogP contribution in [0, 0.1) is 0 Å². The van der Waals surface area contributed by atoms with E-state index in [2.05, 4.69) is 20.6 Å². The van der Waals surface area contributed by atoms with Crippen molar-refractivity contribution in [1.82, 2.24) is 10.3 Å². The number of halogens is 4. The van der Waals surface area contributed by atoms with E-state index in [1.165, 1.54) is 11.8 Å². The maximum atomic E-state index is 12.8. The van der Waals surface area contributed by atoms with E-state index in [-0.39, 0.29) is 11.2 Å². The number of anilines is 1. The number of nitrogens with one attached hydrogen (secondary N) is 2. The normalized spacial score (nSPS) is 19.7. The van der Waals surface area contributed by atoms with Crippen LogP contribution in [0.3, 0.4) is 0 Å². The van der Waals surface area contributed by atoms with Gasteiger partial charge in [-0.25, -0.2) is 4.98 Å². The summed E-state index contributed by atoms with van der Waals surface area (Å²) in [7, 11) is 0. The van der Waals surface area contributed by atoms with Gasteiger partial charge < -0.3 is 15.7 Å². The number of aliphatic hydroxyl groups excluding tert-OH is 1. The molecule has 0 aliphatic carbocycles. The molecule has 5 nitrogen and oxygen atoms in total. The average molecular weight is 381 g/mol. The minimum Gasteiger partial charge on any atom is -0.373 e. The molecule has 1 aliphatic rings. The highest BCUT2D eigenvalue weighted by atomic mass is 35.5. The monoisotopic (exact) mass is 380 g/mol. The Bertz CT molecular complexity index is 666. The van der Waals surface area contributed by atoms with Crippen molar-refractivity contribution in [1.29, 1.82) is 0 Å². The van der Waals surface area contributed by atoms with Crippen LogP contribution in [-0.4, -0.2) is 33.9 Å². The predicted octanol–water partition coefficient (Wildman–Crippen LogP) is 3.47. The van der Waals surface area contributed by atoms with Crippen LogP contribution in [-0.2, 0) is 6.18 Å². The Labute approximate surface area is 146 Å². The van der Waals surface area contributed by atoms with E-state index in [9.17, 15) is 18.3 Å². The molecule has 1 aliphatic heterocycles. The first-order chi connectivity index (χ1) is 11.2. The van der Waals surface area contributed by atoms with E-state index < -0.39 is 23.0 Å². The van der Waals surface area contributed by atoms with Gasteiger partial charge in [-0.05, 0) is 19.9 Å². The molecule has 1 aromatic heterocycles. The van der Waals surface area contributed by atoms with Crippen molar-refractivity contribution in [3.8, 4) is 0 Å². The number of rotatable bonds is 5. The molecule has 1 aromatic rings. The van der Waals surface area contributed by atoms with Gasteiger partial charge in [-0.3, -0.25) is 4.99 Å². The Hall–Kier alpha value is -1.45. The number of hydrogen-bond donors (Lipinski definition) is 3. The number of aliphatic hydroxyl groups is 1. The van der Waals surface area contributed by atoms with E-state index in [0.717, 1.165) is 18.0 Å². The number of aromatic nitrogens is 1. The smallest absolute Gasteiger partial charge is 0.373 e. The minimum atomic E-state index is -4.59. The molecule has 3 N–H and O–H groups in total. The van der Waals surface area contributed by atoms with Crippen molar-refractivity contribution in [3.63, 3.8) is 0 Å². The lowest BCUT2D eigenvalue weighted by molar-refractivity contribution is -0.137. The Morgan fingerprint density at radius 2 is 2.29 bits per heavy atom. The van der Waals surface area contributed by atoms with Crippen molar-refractivity contribution < 1.29 is 18.3 Å². The average Bonchev–Trinajstić information content (AvgIpc) is 2.98. The van der Waals surface area contributed by atoms with Crippen molar-refractivity contribution in [2.24, 2.45) is 4.99 Å². The molecule has 0 spiro atoms. The van der Waals surface area contributed by atoms with Crippen LogP contribution in [0.5, 0.6) is 0 Å². The highest BCUT2D eigenvalue weighted by molar-refractivity contribution is 8.04. The molecule has 10 heteroatoms. The van der Waals surface area contributed by atoms with Gasteiger partial charge in [-0.1, -0.05) is 23.4 Å². The summed E-state index contributed by atoms with van der Waals surface area (Å²) in [5, 5.41) is 15.1. The molecule has 0 saturated carbocycles. The van der Waals surface area contributed by atoms with Crippen LogP contribution in [0.2, 0.25) is 5.02 Å². The third-order valence-corrected chi connectivity index (χ3v) is 4.76. The largest absolute Gasteiger partial charge is 0.418 e. The number of aliphatic imine (C=N–C) groups is 1. The van der Waals surface area contributed by atoms with Crippen LogP contribution in [0.1, 0.15) is 19.4 Å². The number of pyridine rings is 1. The molecular weight excluding hydrogens is 365 g/mol.